The highest BCUT2D eigenvalue weighted by atomic mass is 32.1. The van der Waals surface area contributed by atoms with Gasteiger partial charge in [0.15, 0.2) is 5.82 Å². The quantitative estimate of drug-likeness (QED) is 0.354. The van der Waals surface area contributed by atoms with E-state index in [1.165, 1.54) is 29.8 Å². The normalized spacial score (nSPS) is 12.3. The number of fused-ring (bicyclic) bond motifs is 1. The number of amides is 1. The summed E-state index contributed by atoms with van der Waals surface area (Å²) in [6.07, 6.45) is -9.25. The summed E-state index contributed by atoms with van der Waals surface area (Å²) in [6.45, 7) is 1.38. The standard InChI is InChI=1S/C21H14F6N4OS/c1-11-17(33-10-28-11)19(32)29-18-14-3-2-4-15(21(25,26)27)16(14)31(30-18)9-12-5-7-13(8-6-12)20(22,23)24/h2-8,10H,9H2,1H3,(H,29,30,32). The van der Waals surface area contributed by atoms with Crippen molar-refractivity contribution in [2.75, 3.05) is 5.32 Å². The molecule has 2 aromatic carbocycles. The number of hydrogen-bond donors (Lipinski definition) is 1. The van der Waals surface area contributed by atoms with Crippen molar-refractivity contribution in [3.05, 3.63) is 75.2 Å². The second-order valence-corrected chi connectivity index (χ2v) is 7.98. The highest BCUT2D eigenvalue weighted by Crippen LogP contribution is 2.37. The van der Waals surface area contributed by atoms with E-state index in [1.807, 2.05) is 0 Å². The zero-order valence-electron chi connectivity index (χ0n) is 16.8. The van der Waals surface area contributed by atoms with Gasteiger partial charge in [-0.15, -0.1) is 11.3 Å². The van der Waals surface area contributed by atoms with Crippen molar-refractivity contribution >= 4 is 34.0 Å². The summed E-state index contributed by atoms with van der Waals surface area (Å²) < 4.78 is 80.6. The fourth-order valence-corrected chi connectivity index (χ4v) is 4.03. The minimum Gasteiger partial charge on any atom is -0.304 e. The molecule has 0 radical (unpaired) electrons. The number of nitrogens with one attached hydrogen (secondary N) is 1. The SMILES string of the molecule is Cc1ncsc1C(=O)Nc1nn(Cc2ccc(C(F)(F)F)cc2)c2c(C(F)(F)F)cccc12. The Morgan fingerprint density at radius 1 is 1.03 bits per heavy atom. The zero-order valence-corrected chi connectivity index (χ0v) is 17.6. The third-order valence-electron chi connectivity index (χ3n) is 4.87. The number of hydrogen-bond acceptors (Lipinski definition) is 4. The molecule has 0 saturated heterocycles. The number of para-hydroxylation sites is 1. The first-order chi connectivity index (χ1) is 15.4. The summed E-state index contributed by atoms with van der Waals surface area (Å²) in [5.41, 5.74) is 0.0888. The van der Waals surface area contributed by atoms with Crippen molar-refractivity contribution in [2.24, 2.45) is 0 Å². The first-order valence-electron chi connectivity index (χ1n) is 9.39. The number of anilines is 1. The average molecular weight is 484 g/mol. The highest BCUT2D eigenvalue weighted by Gasteiger charge is 2.35. The van der Waals surface area contributed by atoms with E-state index in [2.05, 4.69) is 15.4 Å². The Morgan fingerprint density at radius 3 is 2.30 bits per heavy atom. The van der Waals surface area contributed by atoms with Gasteiger partial charge in [0.25, 0.3) is 5.91 Å². The number of benzene rings is 2. The van der Waals surface area contributed by atoms with Crippen molar-refractivity contribution in [2.45, 2.75) is 25.8 Å². The Bertz CT molecular complexity index is 1320. The number of carbonyl (C=O) groups is 1. The molecule has 33 heavy (non-hydrogen) atoms. The third kappa shape index (κ3) is 4.56. The van der Waals surface area contributed by atoms with Gasteiger partial charge in [0.1, 0.15) is 4.88 Å². The van der Waals surface area contributed by atoms with Crippen LogP contribution < -0.4 is 5.32 Å². The average Bonchev–Trinajstić information content (AvgIpc) is 3.31. The Kier molecular flexibility index (Phi) is 5.64. The van der Waals surface area contributed by atoms with E-state index < -0.39 is 29.4 Å². The lowest BCUT2D eigenvalue weighted by Gasteiger charge is -2.12. The highest BCUT2D eigenvalue weighted by molar-refractivity contribution is 7.12. The van der Waals surface area contributed by atoms with Gasteiger partial charge in [-0.2, -0.15) is 31.4 Å². The van der Waals surface area contributed by atoms with Gasteiger partial charge in [-0.1, -0.05) is 18.2 Å². The van der Waals surface area contributed by atoms with E-state index in [9.17, 15) is 31.1 Å². The van der Waals surface area contributed by atoms with E-state index in [-0.39, 0.29) is 28.1 Å². The van der Waals surface area contributed by atoms with Gasteiger partial charge < -0.3 is 5.32 Å². The van der Waals surface area contributed by atoms with E-state index in [0.29, 0.717) is 11.3 Å². The molecule has 2 aromatic heterocycles. The third-order valence-corrected chi connectivity index (χ3v) is 5.80. The monoisotopic (exact) mass is 484 g/mol. The molecule has 0 aliphatic rings. The van der Waals surface area contributed by atoms with Crippen molar-refractivity contribution in [1.82, 2.24) is 14.8 Å². The maximum absolute atomic E-state index is 13.7. The summed E-state index contributed by atoms with van der Waals surface area (Å²) in [6, 6.07) is 7.50. The lowest BCUT2D eigenvalue weighted by molar-refractivity contribution is -0.138. The number of rotatable bonds is 4. The lowest BCUT2D eigenvalue weighted by atomic mass is 10.1. The fourth-order valence-electron chi connectivity index (χ4n) is 3.33. The number of thiazole rings is 1. The predicted molar refractivity (Wildman–Crippen MR) is 110 cm³/mol. The molecule has 172 valence electrons. The summed E-state index contributed by atoms with van der Waals surface area (Å²) in [7, 11) is 0. The lowest BCUT2D eigenvalue weighted by Crippen LogP contribution is -2.13. The van der Waals surface area contributed by atoms with E-state index in [0.717, 1.165) is 34.2 Å². The van der Waals surface area contributed by atoms with Gasteiger partial charge >= 0.3 is 12.4 Å². The molecule has 0 bridgehead atoms. The van der Waals surface area contributed by atoms with E-state index in [1.54, 1.807) is 6.92 Å². The number of halogens is 6. The summed E-state index contributed by atoms with van der Waals surface area (Å²) in [5, 5.41) is 6.73. The predicted octanol–water partition coefficient (Wildman–Crippen LogP) is 6.14. The van der Waals surface area contributed by atoms with Crippen molar-refractivity contribution in [1.29, 1.82) is 0 Å². The molecular weight excluding hydrogens is 470 g/mol. The second-order valence-electron chi connectivity index (χ2n) is 7.12. The van der Waals surface area contributed by atoms with Crippen LogP contribution in [0.3, 0.4) is 0 Å². The first-order valence-corrected chi connectivity index (χ1v) is 10.3. The molecule has 2 heterocycles. The molecule has 0 atom stereocenters. The largest absolute Gasteiger partial charge is 0.418 e. The van der Waals surface area contributed by atoms with Crippen LogP contribution >= 0.6 is 11.3 Å². The van der Waals surface area contributed by atoms with Gasteiger partial charge in [-0.25, -0.2) is 4.98 Å². The van der Waals surface area contributed by atoms with E-state index in [4.69, 9.17) is 0 Å². The van der Waals surface area contributed by atoms with E-state index >= 15 is 0 Å². The molecular formula is C21H14F6N4OS. The zero-order chi connectivity index (χ0) is 24.0. The van der Waals surface area contributed by atoms with Crippen LogP contribution in [-0.4, -0.2) is 20.7 Å². The molecule has 0 fully saturated rings. The summed E-state index contributed by atoms with van der Waals surface area (Å²) in [4.78, 5) is 16.9. The van der Waals surface area contributed by atoms with Crippen LogP contribution in [0.15, 0.2) is 48.0 Å². The van der Waals surface area contributed by atoms with Crippen LogP contribution in [-0.2, 0) is 18.9 Å². The van der Waals surface area contributed by atoms with Crippen molar-refractivity contribution in [3.8, 4) is 0 Å². The number of aromatic nitrogens is 3. The number of alkyl halides is 6. The number of carbonyl (C=O) groups excluding carboxylic acids is 1. The Hall–Kier alpha value is -3.41. The van der Waals surface area contributed by atoms with Gasteiger partial charge in [-0.05, 0) is 36.8 Å². The van der Waals surface area contributed by atoms with Crippen LogP contribution in [0.2, 0.25) is 0 Å². The molecule has 12 heteroatoms. The Balaban J connectivity index is 1.78. The van der Waals surface area contributed by atoms with Crippen LogP contribution in [0.4, 0.5) is 32.2 Å². The summed E-state index contributed by atoms with van der Waals surface area (Å²) >= 11 is 1.07. The maximum Gasteiger partial charge on any atom is 0.418 e. The molecule has 1 N–H and O–H groups in total. The maximum atomic E-state index is 13.7. The minimum absolute atomic E-state index is 0.0484. The van der Waals surface area contributed by atoms with Gasteiger partial charge in [0.2, 0.25) is 0 Å². The van der Waals surface area contributed by atoms with Crippen LogP contribution in [0, 0.1) is 6.92 Å². The molecule has 5 nitrogen and oxygen atoms in total. The molecule has 1 amide bonds. The fraction of sp³-hybridized carbons (Fsp3) is 0.190. The van der Waals surface area contributed by atoms with Crippen molar-refractivity contribution in [3.63, 3.8) is 0 Å². The molecule has 0 aliphatic carbocycles. The Labute approximate surface area is 186 Å². The Morgan fingerprint density at radius 2 is 1.73 bits per heavy atom. The van der Waals surface area contributed by atoms with Gasteiger partial charge in [0, 0.05) is 5.39 Å². The molecule has 4 rings (SSSR count). The van der Waals surface area contributed by atoms with Crippen LogP contribution in [0.5, 0.6) is 0 Å². The number of aryl methyl sites for hydroxylation is 1. The smallest absolute Gasteiger partial charge is 0.304 e. The van der Waals surface area contributed by atoms with Crippen LogP contribution in [0.25, 0.3) is 10.9 Å². The molecule has 0 unspecified atom stereocenters. The summed E-state index contributed by atoms with van der Waals surface area (Å²) in [5.74, 6) is -0.672. The van der Waals surface area contributed by atoms with Gasteiger partial charge in [-0.3, -0.25) is 9.48 Å². The number of nitrogens with zero attached hydrogens (tertiary/aromatic N) is 3. The van der Waals surface area contributed by atoms with Crippen LogP contribution in [0.1, 0.15) is 32.1 Å². The van der Waals surface area contributed by atoms with Gasteiger partial charge in [0.05, 0.1) is 34.4 Å². The molecule has 0 saturated carbocycles. The second kappa shape index (κ2) is 8.18. The molecule has 0 spiro atoms. The first kappa shape index (κ1) is 22.8. The van der Waals surface area contributed by atoms with Crippen molar-refractivity contribution < 1.29 is 31.1 Å². The molecule has 0 aliphatic heterocycles. The molecule has 4 aromatic rings. The topological polar surface area (TPSA) is 59.8 Å². The minimum atomic E-state index is -4.72.